The maximum Gasteiger partial charge on any atom is 0.244 e. The van der Waals surface area contributed by atoms with Crippen molar-refractivity contribution in [1.29, 1.82) is 0 Å². The van der Waals surface area contributed by atoms with Crippen LogP contribution in [0.2, 0.25) is 0 Å². The predicted octanol–water partition coefficient (Wildman–Crippen LogP) is -1.07. The summed E-state index contributed by atoms with van der Waals surface area (Å²) in [5.41, 5.74) is 5.47. The minimum atomic E-state index is -0.757. The van der Waals surface area contributed by atoms with Crippen molar-refractivity contribution < 1.29 is 9.59 Å². The largest absolute Gasteiger partial charge is 0.347 e. The van der Waals surface area contributed by atoms with Crippen molar-refractivity contribution in [3.05, 3.63) is 0 Å². The van der Waals surface area contributed by atoms with Crippen LogP contribution in [0.3, 0.4) is 0 Å². The molecule has 2 unspecified atom stereocenters. The van der Waals surface area contributed by atoms with Crippen LogP contribution in [0.1, 0.15) is 13.3 Å². The van der Waals surface area contributed by atoms with E-state index in [1.807, 2.05) is 0 Å². The van der Waals surface area contributed by atoms with Crippen LogP contribution in [-0.4, -0.2) is 42.9 Å². The summed E-state index contributed by atoms with van der Waals surface area (Å²) in [6.07, 6.45) is 5.18. The van der Waals surface area contributed by atoms with Gasteiger partial charge in [-0.2, -0.15) is 0 Å². The molecule has 0 heterocycles. The third-order valence-electron chi connectivity index (χ3n) is 1.84. The highest BCUT2D eigenvalue weighted by Crippen LogP contribution is 1.92. The zero-order chi connectivity index (χ0) is 12.0. The molecule has 0 saturated heterocycles. The number of carbonyl (C=O) groups is 2. The van der Waals surface area contributed by atoms with Crippen LogP contribution in [0.4, 0.5) is 0 Å². The van der Waals surface area contributed by atoms with Gasteiger partial charge in [0.25, 0.3) is 0 Å². The van der Waals surface area contributed by atoms with Crippen molar-refractivity contribution in [3.8, 4) is 12.3 Å². The normalized spacial score (nSPS) is 13.5. The van der Waals surface area contributed by atoms with E-state index in [2.05, 4.69) is 11.2 Å². The van der Waals surface area contributed by atoms with E-state index < -0.39 is 18.0 Å². The van der Waals surface area contributed by atoms with Crippen molar-refractivity contribution in [2.45, 2.75) is 25.4 Å². The van der Waals surface area contributed by atoms with Gasteiger partial charge in [-0.25, -0.2) is 0 Å². The summed E-state index contributed by atoms with van der Waals surface area (Å²) in [4.78, 5) is 24.2. The fourth-order valence-electron chi connectivity index (χ4n) is 0.989. The van der Waals surface area contributed by atoms with Crippen molar-refractivity contribution in [3.63, 3.8) is 0 Å². The van der Waals surface area contributed by atoms with Crippen LogP contribution in [0.5, 0.6) is 0 Å². The van der Waals surface area contributed by atoms with Gasteiger partial charge in [-0.3, -0.25) is 9.59 Å². The highest BCUT2D eigenvalue weighted by atomic mass is 16.2. The monoisotopic (exact) mass is 211 g/mol. The van der Waals surface area contributed by atoms with Crippen LogP contribution in [0.15, 0.2) is 0 Å². The van der Waals surface area contributed by atoms with Crippen molar-refractivity contribution in [2.75, 3.05) is 14.1 Å². The second-order valence-corrected chi connectivity index (χ2v) is 3.48. The molecule has 2 amide bonds. The fourth-order valence-corrected chi connectivity index (χ4v) is 0.989. The highest BCUT2D eigenvalue weighted by Gasteiger charge is 2.20. The summed E-state index contributed by atoms with van der Waals surface area (Å²) in [6, 6.07) is -1.34. The van der Waals surface area contributed by atoms with E-state index in [1.165, 1.54) is 4.90 Å². The van der Waals surface area contributed by atoms with Gasteiger partial charge in [0.2, 0.25) is 11.8 Å². The minimum Gasteiger partial charge on any atom is -0.347 e. The lowest BCUT2D eigenvalue weighted by Crippen LogP contribution is -2.49. The van der Waals surface area contributed by atoms with E-state index in [9.17, 15) is 9.59 Å². The number of nitrogens with one attached hydrogen (secondary N) is 1. The van der Waals surface area contributed by atoms with Gasteiger partial charge in [0.05, 0.1) is 6.04 Å². The van der Waals surface area contributed by atoms with Gasteiger partial charge in [-0.15, -0.1) is 12.3 Å². The summed E-state index contributed by atoms with van der Waals surface area (Å²) in [7, 11) is 3.23. The van der Waals surface area contributed by atoms with Crippen LogP contribution in [0.25, 0.3) is 0 Å². The Labute approximate surface area is 90.0 Å². The molecular formula is C10H17N3O2. The van der Waals surface area contributed by atoms with Gasteiger partial charge in [0.15, 0.2) is 0 Å². The number of amides is 2. The van der Waals surface area contributed by atoms with Crippen LogP contribution in [0, 0.1) is 12.3 Å². The third kappa shape index (κ3) is 4.47. The van der Waals surface area contributed by atoms with Gasteiger partial charge >= 0.3 is 0 Å². The minimum absolute atomic E-state index is 0.161. The maximum atomic E-state index is 11.4. The molecule has 0 radical (unpaired) electrons. The van der Waals surface area contributed by atoms with E-state index in [0.29, 0.717) is 0 Å². The van der Waals surface area contributed by atoms with Gasteiger partial charge in [0, 0.05) is 20.5 Å². The molecule has 0 saturated carbocycles. The molecule has 15 heavy (non-hydrogen) atoms. The summed E-state index contributed by atoms with van der Waals surface area (Å²) in [5.74, 6) is 1.70. The number of carbonyl (C=O) groups excluding carboxylic acids is 2. The first-order valence-electron chi connectivity index (χ1n) is 4.60. The molecule has 0 aliphatic carbocycles. The van der Waals surface area contributed by atoms with Crippen molar-refractivity contribution in [2.24, 2.45) is 5.73 Å². The number of nitrogens with zero attached hydrogens (tertiary/aromatic N) is 1. The highest BCUT2D eigenvalue weighted by molar-refractivity contribution is 5.89. The van der Waals surface area contributed by atoms with Crippen LogP contribution >= 0.6 is 0 Å². The summed E-state index contributed by atoms with van der Waals surface area (Å²) >= 11 is 0. The zero-order valence-corrected chi connectivity index (χ0v) is 9.28. The summed E-state index contributed by atoms with van der Waals surface area (Å²) in [5, 5.41) is 2.49. The molecule has 0 aromatic heterocycles. The lowest BCUT2D eigenvalue weighted by Gasteiger charge is -2.19. The molecule has 0 spiro atoms. The molecule has 0 aromatic carbocycles. The second kappa shape index (κ2) is 6.04. The SMILES string of the molecule is C#CCC(N)C(=O)NC(C)C(=O)N(C)C. The predicted molar refractivity (Wildman–Crippen MR) is 57.7 cm³/mol. The smallest absolute Gasteiger partial charge is 0.244 e. The fraction of sp³-hybridized carbons (Fsp3) is 0.600. The third-order valence-corrected chi connectivity index (χ3v) is 1.84. The number of likely N-dealkylation sites (N-methyl/N-ethyl adjacent to an activating group) is 1. The maximum absolute atomic E-state index is 11.4. The molecule has 0 fully saturated rings. The first-order valence-corrected chi connectivity index (χ1v) is 4.60. The number of hydrogen-bond donors (Lipinski definition) is 2. The van der Waals surface area contributed by atoms with Gasteiger partial charge in [-0.05, 0) is 6.92 Å². The Bertz CT molecular complexity index is 281. The number of terminal acetylenes is 1. The molecule has 0 aliphatic rings. The Balaban J connectivity index is 4.19. The molecule has 5 heteroatoms. The average molecular weight is 211 g/mol. The van der Waals surface area contributed by atoms with E-state index >= 15 is 0 Å². The van der Waals surface area contributed by atoms with E-state index in [1.54, 1.807) is 21.0 Å². The number of hydrogen-bond acceptors (Lipinski definition) is 3. The molecule has 2 atom stereocenters. The van der Waals surface area contributed by atoms with Crippen molar-refractivity contribution in [1.82, 2.24) is 10.2 Å². The lowest BCUT2D eigenvalue weighted by atomic mass is 10.2. The second-order valence-electron chi connectivity index (χ2n) is 3.48. The summed E-state index contributed by atoms with van der Waals surface area (Å²) in [6.45, 7) is 1.60. The van der Waals surface area contributed by atoms with Crippen LogP contribution in [-0.2, 0) is 9.59 Å². The Morgan fingerprint density at radius 2 is 2.07 bits per heavy atom. The van der Waals surface area contributed by atoms with E-state index in [0.717, 1.165) is 0 Å². The lowest BCUT2D eigenvalue weighted by molar-refractivity contribution is -0.134. The number of nitrogens with two attached hydrogens (primary N) is 1. The topological polar surface area (TPSA) is 75.4 Å². The molecule has 3 N–H and O–H groups in total. The van der Waals surface area contributed by atoms with E-state index in [-0.39, 0.29) is 12.3 Å². The zero-order valence-electron chi connectivity index (χ0n) is 9.28. The Morgan fingerprint density at radius 3 is 2.47 bits per heavy atom. The first kappa shape index (κ1) is 13.5. The molecule has 0 rings (SSSR count). The first-order chi connectivity index (χ1) is 6.90. The van der Waals surface area contributed by atoms with Crippen LogP contribution < -0.4 is 11.1 Å². The Morgan fingerprint density at radius 1 is 1.53 bits per heavy atom. The molecule has 0 aliphatic heterocycles. The number of rotatable bonds is 4. The van der Waals surface area contributed by atoms with Gasteiger partial charge < -0.3 is 16.0 Å². The standard InChI is InChI=1S/C10H17N3O2/c1-5-6-8(11)9(14)12-7(2)10(15)13(3)4/h1,7-8H,6,11H2,2-4H3,(H,12,14). The average Bonchev–Trinajstić information content (AvgIpc) is 2.16. The van der Waals surface area contributed by atoms with Gasteiger partial charge in [-0.1, -0.05) is 0 Å². The van der Waals surface area contributed by atoms with E-state index in [4.69, 9.17) is 12.2 Å². The molecule has 84 valence electrons. The Kier molecular flexibility index (Phi) is 5.42. The summed E-state index contributed by atoms with van der Waals surface area (Å²) < 4.78 is 0. The molecule has 0 bridgehead atoms. The van der Waals surface area contributed by atoms with Gasteiger partial charge in [0.1, 0.15) is 6.04 Å². The molecule has 0 aromatic rings. The van der Waals surface area contributed by atoms with Crippen molar-refractivity contribution >= 4 is 11.8 Å². The molecule has 5 nitrogen and oxygen atoms in total. The molecular weight excluding hydrogens is 194 g/mol. The Hall–Kier alpha value is -1.54. The quantitative estimate of drug-likeness (QED) is 0.581.